The molecular weight excluding hydrogens is 444 g/mol. The predicted molar refractivity (Wildman–Crippen MR) is 132 cm³/mol. The van der Waals surface area contributed by atoms with Crippen LogP contribution < -0.4 is 0 Å². The topological polar surface area (TPSA) is 104 Å². The maximum atomic E-state index is 13.2. The van der Waals surface area contributed by atoms with Crippen molar-refractivity contribution < 1.29 is 14.1 Å². The zero-order chi connectivity index (χ0) is 24.6. The first kappa shape index (κ1) is 22.9. The Morgan fingerprint density at radius 2 is 1.91 bits per heavy atom. The van der Waals surface area contributed by atoms with E-state index < -0.39 is 0 Å². The quantitative estimate of drug-likeness (QED) is 0.680. The van der Waals surface area contributed by atoms with Crippen molar-refractivity contribution in [1.82, 2.24) is 19.9 Å². The molecule has 3 heterocycles. The SMILES string of the molecule is CC(C)(C)Cc1nc(-c2cccc(C(=O)N3CCN(C4=NC(=O)C5C=CC=CC5=N4)CC3)c2)no1. The second kappa shape index (κ2) is 9.05. The molecule has 3 aliphatic rings. The maximum absolute atomic E-state index is 13.2. The van der Waals surface area contributed by atoms with E-state index in [2.05, 4.69) is 40.9 Å². The molecule has 2 aromatic rings. The molecule has 35 heavy (non-hydrogen) atoms. The molecule has 180 valence electrons. The van der Waals surface area contributed by atoms with Gasteiger partial charge in [-0.15, -0.1) is 0 Å². The van der Waals surface area contributed by atoms with E-state index >= 15 is 0 Å². The Hall–Kier alpha value is -3.88. The number of aliphatic imine (C=N–C) groups is 2. The van der Waals surface area contributed by atoms with Crippen molar-refractivity contribution in [2.24, 2.45) is 21.3 Å². The molecule has 0 bridgehead atoms. The number of hydrogen-bond donors (Lipinski definition) is 0. The fraction of sp³-hybridized carbons (Fsp3) is 0.385. The van der Waals surface area contributed by atoms with Crippen LogP contribution in [-0.2, 0) is 11.2 Å². The fourth-order valence-electron chi connectivity index (χ4n) is 4.28. The van der Waals surface area contributed by atoms with Gasteiger partial charge in [0.15, 0.2) is 0 Å². The molecule has 1 atom stereocenters. The number of amides is 2. The van der Waals surface area contributed by atoms with Crippen molar-refractivity contribution in [1.29, 1.82) is 0 Å². The van der Waals surface area contributed by atoms with Crippen LogP contribution >= 0.6 is 0 Å². The van der Waals surface area contributed by atoms with Crippen LogP contribution in [0.25, 0.3) is 11.4 Å². The fourth-order valence-corrected chi connectivity index (χ4v) is 4.28. The number of piperazine rings is 1. The van der Waals surface area contributed by atoms with Crippen LogP contribution in [-0.4, -0.2) is 69.6 Å². The minimum absolute atomic E-state index is 0.0398. The molecule has 1 aliphatic carbocycles. The minimum Gasteiger partial charge on any atom is -0.339 e. The third-order valence-electron chi connectivity index (χ3n) is 6.07. The first-order valence-corrected chi connectivity index (χ1v) is 11.8. The van der Waals surface area contributed by atoms with Gasteiger partial charge < -0.3 is 14.3 Å². The number of carbonyl (C=O) groups excluding carboxylic acids is 2. The molecule has 2 aliphatic heterocycles. The Balaban J connectivity index is 1.24. The summed E-state index contributed by atoms with van der Waals surface area (Å²) in [5.74, 6) is 0.847. The van der Waals surface area contributed by atoms with Crippen molar-refractivity contribution in [3.63, 3.8) is 0 Å². The summed E-state index contributed by atoms with van der Waals surface area (Å²) in [7, 11) is 0. The number of benzene rings is 1. The molecule has 1 fully saturated rings. The molecule has 2 amide bonds. The summed E-state index contributed by atoms with van der Waals surface area (Å²) in [6.45, 7) is 8.48. The highest BCUT2D eigenvalue weighted by Crippen LogP contribution is 2.24. The number of fused-ring (bicyclic) bond motifs is 1. The molecule has 9 nitrogen and oxygen atoms in total. The molecule has 5 rings (SSSR count). The zero-order valence-corrected chi connectivity index (χ0v) is 20.1. The van der Waals surface area contributed by atoms with Gasteiger partial charge in [0.1, 0.15) is 5.92 Å². The first-order chi connectivity index (χ1) is 16.8. The summed E-state index contributed by atoms with van der Waals surface area (Å²) in [4.78, 5) is 42.7. The first-order valence-electron chi connectivity index (χ1n) is 11.8. The molecule has 1 aromatic heterocycles. The van der Waals surface area contributed by atoms with Gasteiger partial charge in [0.2, 0.25) is 17.7 Å². The summed E-state index contributed by atoms with van der Waals surface area (Å²) in [5, 5.41) is 4.10. The Morgan fingerprint density at radius 1 is 1.11 bits per heavy atom. The third-order valence-corrected chi connectivity index (χ3v) is 6.07. The van der Waals surface area contributed by atoms with Gasteiger partial charge in [0.25, 0.3) is 11.8 Å². The lowest BCUT2D eigenvalue weighted by molar-refractivity contribution is -0.118. The maximum Gasteiger partial charge on any atom is 0.261 e. The van der Waals surface area contributed by atoms with Crippen molar-refractivity contribution in [3.05, 3.63) is 60.0 Å². The van der Waals surface area contributed by atoms with E-state index in [9.17, 15) is 9.59 Å². The average molecular weight is 473 g/mol. The van der Waals surface area contributed by atoms with Crippen molar-refractivity contribution in [2.75, 3.05) is 26.2 Å². The number of aromatic nitrogens is 2. The smallest absolute Gasteiger partial charge is 0.261 e. The monoisotopic (exact) mass is 472 g/mol. The number of carbonyl (C=O) groups is 2. The average Bonchev–Trinajstić information content (AvgIpc) is 3.30. The van der Waals surface area contributed by atoms with Gasteiger partial charge in [-0.1, -0.05) is 56.3 Å². The Kier molecular flexibility index (Phi) is 5.92. The second-order valence-corrected chi connectivity index (χ2v) is 10.1. The van der Waals surface area contributed by atoms with E-state index in [1.165, 1.54) is 0 Å². The molecule has 1 aromatic carbocycles. The van der Waals surface area contributed by atoms with Crippen LogP contribution in [0.15, 0.2) is 63.1 Å². The molecule has 1 unspecified atom stereocenters. The van der Waals surface area contributed by atoms with Crippen LogP contribution in [0.4, 0.5) is 0 Å². The van der Waals surface area contributed by atoms with Crippen LogP contribution in [0, 0.1) is 11.3 Å². The second-order valence-electron chi connectivity index (χ2n) is 10.1. The molecule has 9 heteroatoms. The van der Waals surface area contributed by atoms with Gasteiger partial charge in [-0.3, -0.25) is 9.59 Å². The van der Waals surface area contributed by atoms with E-state index in [1.54, 1.807) is 17.0 Å². The molecule has 0 radical (unpaired) electrons. The van der Waals surface area contributed by atoms with E-state index in [-0.39, 0.29) is 23.1 Å². The van der Waals surface area contributed by atoms with E-state index in [1.807, 2.05) is 41.3 Å². The van der Waals surface area contributed by atoms with Gasteiger partial charge in [0, 0.05) is 43.7 Å². The highest BCUT2D eigenvalue weighted by Gasteiger charge is 2.30. The van der Waals surface area contributed by atoms with Gasteiger partial charge >= 0.3 is 0 Å². The van der Waals surface area contributed by atoms with Crippen LogP contribution in [0.1, 0.15) is 37.0 Å². The number of hydrogen-bond acceptors (Lipinski definition) is 7. The molecular formula is C26H28N6O3. The molecule has 0 saturated carbocycles. The summed E-state index contributed by atoms with van der Waals surface area (Å²) < 4.78 is 5.41. The van der Waals surface area contributed by atoms with Crippen LogP contribution in [0.2, 0.25) is 0 Å². The number of nitrogens with zero attached hydrogens (tertiary/aromatic N) is 6. The number of allylic oxidation sites excluding steroid dienone is 3. The molecule has 1 saturated heterocycles. The lowest BCUT2D eigenvalue weighted by atomic mass is 9.92. The summed E-state index contributed by atoms with van der Waals surface area (Å²) in [6, 6.07) is 7.31. The number of rotatable bonds is 3. The molecule has 0 spiro atoms. The summed E-state index contributed by atoms with van der Waals surface area (Å²) in [5.41, 5.74) is 2.07. The van der Waals surface area contributed by atoms with Crippen molar-refractivity contribution >= 4 is 23.5 Å². The van der Waals surface area contributed by atoms with Crippen LogP contribution in [0.3, 0.4) is 0 Å². The van der Waals surface area contributed by atoms with E-state index in [0.717, 1.165) is 5.56 Å². The van der Waals surface area contributed by atoms with E-state index in [0.29, 0.717) is 61.5 Å². The Bertz CT molecular complexity index is 1270. The molecule has 0 N–H and O–H groups in total. The lowest BCUT2D eigenvalue weighted by Gasteiger charge is -2.36. The van der Waals surface area contributed by atoms with Crippen LogP contribution in [0.5, 0.6) is 0 Å². The van der Waals surface area contributed by atoms with Gasteiger partial charge in [0.05, 0.1) is 5.71 Å². The van der Waals surface area contributed by atoms with Gasteiger partial charge in [-0.05, 0) is 23.6 Å². The summed E-state index contributed by atoms with van der Waals surface area (Å²) >= 11 is 0. The van der Waals surface area contributed by atoms with Crippen molar-refractivity contribution in [3.8, 4) is 11.4 Å². The van der Waals surface area contributed by atoms with Gasteiger partial charge in [-0.2, -0.15) is 9.98 Å². The largest absolute Gasteiger partial charge is 0.339 e. The minimum atomic E-state index is -0.386. The van der Waals surface area contributed by atoms with Gasteiger partial charge in [-0.25, -0.2) is 4.99 Å². The predicted octanol–water partition coefficient (Wildman–Crippen LogP) is 3.16. The highest BCUT2D eigenvalue weighted by molar-refractivity contribution is 6.21. The Morgan fingerprint density at radius 3 is 2.69 bits per heavy atom. The lowest BCUT2D eigenvalue weighted by Crippen LogP contribution is -2.51. The summed E-state index contributed by atoms with van der Waals surface area (Å²) in [6.07, 6.45) is 8.05. The highest BCUT2D eigenvalue weighted by atomic mass is 16.5. The van der Waals surface area contributed by atoms with Crippen molar-refractivity contribution in [2.45, 2.75) is 27.2 Å². The Labute approximate surface area is 203 Å². The normalized spacial score (nSPS) is 20.0. The third kappa shape index (κ3) is 4.99. The number of guanidine groups is 1. The van der Waals surface area contributed by atoms with E-state index in [4.69, 9.17) is 4.52 Å². The zero-order valence-electron chi connectivity index (χ0n) is 20.1. The standard InChI is InChI=1S/C26H28N6O3/c1-26(2,3)16-21-28-22(30-35-21)17-7-6-8-18(15-17)24(34)31-11-13-32(14-12-31)25-27-20-10-5-4-9-19(20)23(33)29-25/h4-10,15,19H,11-14,16H2,1-3H3.